The van der Waals surface area contributed by atoms with Crippen LogP contribution in [0.5, 0.6) is 0 Å². The molecular weight excluding hydrogens is 274 g/mol. The van der Waals surface area contributed by atoms with Crippen LogP contribution < -0.4 is 0 Å². The highest BCUT2D eigenvalue weighted by Gasteiger charge is 2.08. The third-order valence-electron chi connectivity index (χ3n) is 1.98. The SMILES string of the molecule is OCCCc1nc(-c2cncc(Br)c2)no1. The standard InChI is InChI=1S/C10H10BrN3O2/c11-8-4-7(5-12-6-8)10-13-9(16-14-10)2-1-3-15/h4-6,15H,1-3H2. The minimum Gasteiger partial charge on any atom is -0.396 e. The zero-order valence-electron chi connectivity index (χ0n) is 8.43. The lowest BCUT2D eigenvalue weighted by molar-refractivity contribution is 0.278. The molecule has 2 aromatic rings. The Morgan fingerprint density at radius 3 is 3.00 bits per heavy atom. The van der Waals surface area contributed by atoms with E-state index in [1.54, 1.807) is 12.4 Å². The van der Waals surface area contributed by atoms with Gasteiger partial charge in [-0.2, -0.15) is 4.98 Å². The van der Waals surface area contributed by atoms with E-state index in [1.807, 2.05) is 6.07 Å². The number of aryl methyl sites for hydroxylation is 1. The van der Waals surface area contributed by atoms with Gasteiger partial charge in [-0.15, -0.1) is 0 Å². The van der Waals surface area contributed by atoms with E-state index >= 15 is 0 Å². The fourth-order valence-corrected chi connectivity index (χ4v) is 1.60. The molecule has 0 spiro atoms. The molecule has 0 saturated heterocycles. The van der Waals surface area contributed by atoms with Crippen LogP contribution in [0, 0.1) is 0 Å². The molecule has 16 heavy (non-hydrogen) atoms. The van der Waals surface area contributed by atoms with Gasteiger partial charge >= 0.3 is 0 Å². The topological polar surface area (TPSA) is 72.0 Å². The first kappa shape index (κ1) is 11.2. The van der Waals surface area contributed by atoms with Crippen LogP contribution >= 0.6 is 15.9 Å². The average Bonchev–Trinajstić information content (AvgIpc) is 2.75. The van der Waals surface area contributed by atoms with E-state index in [-0.39, 0.29) is 6.61 Å². The first-order valence-electron chi connectivity index (χ1n) is 4.84. The van der Waals surface area contributed by atoms with Gasteiger partial charge in [0.1, 0.15) is 0 Å². The number of pyridine rings is 1. The van der Waals surface area contributed by atoms with Crippen molar-refractivity contribution in [1.82, 2.24) is 15.1 Å². The molecule has 0 unspecified atom stereocenters. The summed E-state index contributed by atoms with van der Waals surface area (Å²) in [6.45, 7) is 0.121. The van der Waals surface area contributed by atoms with Crippen molar-refractivity contribution < 1.29 is 9.63 Å². The molecule has 0 aromatic carbocycles. The lowest BCUT2D eigenvalue weighted by atomic mass is 10.3. The van der Waals surface area contributed by atoms with E-state index in [0.29, 0.717) is 24.6 Å². The molecule has 0 saturated carbocycles. The quantitative estimate of drug-likeness (QED) is 0.927. The normalized spacial score (nSPS) is 10.6. The number of aliphatic hydroxyl groups excluding tert-OH is 1. The van der Waals surface area contributed by atoms with Crippen LogP contribution in [0.1, 0.15) is 12.3 Å². The second kappa shape index (κ2) is 5.18. The van der Waals surface area contributed by atoms with Crippen LogP contribution in [0.3, 0.4) is 0 Å². The summed E-state index contributed by atoms with van der Waals surface area (Å²) in [5, 5.41) is 12.5. The third kappa shape index (κ3) is 2.65. The molecule has 2 aromatic heterocycles. The van der Waals surface area contributed by atoms with Crippen LogP contribution in [0.15, 0.2) is 27.5 Å². The van der Waals surface area contributed by atoms with Crippen molar-refractivity contribution in [2.24, 2.45) is 0 Å². The first-order valence-corrected chi connectivity index (χ1v) is 5.63. The monoisotopic (exact) mass is 283 g/mol. The summed E-state index contributed by atoms with van der Waals surface area (Å²) in [7, 11) is 0. The van der Waals surface area contributed by atoms with Gasteiger partial charge in [0, 0.05) is 35.5 Å². The van der Waals surface area contributed by atoms with Crippen LogP contribution in [0.25, 0.3) is 11.4 Å². The van der Waals surface area contributed by atoms with Gasteiger partial charge in [0.25, 0.3) is 0 Å². The summed E-state index contributed by atoms with van der Waals surface area (Å²) in [4.78, 5) is 8.23. The minimum atomic E-state index is 0.121. The Labute approximate surface area is 101 Å². The molecule has 5 nitrogen and oxygen atoms in total. The van der Waals surface area contributed by atoms with Gasteiger partial charge in [-0.3, -0.25) is 4.98 Å². The predicted octanol–water partition coefficient (Wildman–Crippen LogP) is 1.82. The summed E-state index contributed by atoms with van der Waals surface area (Å²) < 4.78 is 5.91. The number of hydrogen-bond donors (Lipinski definition) is 1. The van der Waals surface area contributed by atoms with E-state index < -0.39 is 0 Å². The lowest BCUT2D eigenvalue weighted by Crippen LogP contribution is -1.89. The molecule has 84 valence electrons. The van der Waals surface area contributed by atoms with Gasteiger partial charge in [-0.05, 0) is 28.4 Å². The molecule has 1 N–H and O–H groups in total. The van der Waals surface area contributed by atoms with Crippen molar-refractivity contribution >= 4 is 15.9 Å². The number of nitrogens with zero attached hydrogens (tertiary/aromatic N) is 3. The fourth-order valence-electron chi connectivity index (χ4n) is 1.24. The number of hydrogen-bond acceptors (Lipinski definition) is 5. The maximum atomic E-state index is 8.68. The second-order valence-electron chi connectivity index (χ2n) is 3.23. The Hall–Kier alpha value is -1.27. The molecule has 0 atom stereocenters. The average molecular weight is 284 g/mol. The third-order valence-corrected chi connectivity index (χ3v) is 2.41. The molecule has 6 heteroatoms. The van der Waals surface area contributed by atoms with Crippen molar-refractivity contribution in [2.45, 2.75) is 12.8 Å². The van der Waals surface area contributed by atoms with Gasteiger partial charge < -0.3 is 9.63 Å². The summed E-state index contributed by atoms with van der Waals surface area (Å²) in [5.74, 6) is 1.05. The molecular formula is C10H10BrN3O2. The molecule has 0 fully saturated rings. The van der Waals surface area contributed by atoms with Gasteiger partial charge in [-0.1, -0.05) is 5.16 Å². The number of halogens is 1. The molecule has 0 aliphatic heterocycles. The molecule has 0 amide bonds. The minimum absolute atomic E-state index is 0.121. The van der Waals surface area contributed by atoms with Gasteiger partial charge in [-0.25, -0.2) is 0 Å². The van der Waals surface area contributed by atoms with Crippen molar-refractivity contribution in [3.05, 3.63) is 28.8 Å². The van der Waals surface area contributed by atoms with Crippen molar-refractivity contribution in [2.75, 3.05) is 6.61 Å². The lowest BCUT2D eigenvalue weighted by Gasteiger charge is -1.93. The van der Waals surface area contributed by atoms with E-state index in [0.717, 1.165) is 10.0 Å². The highest BCUT2D eigenvalue weighted by Crippen LogP contribution is 2.19. The number of rotatable bonds is 4. The van der Waals surface area contributed by atoms with Crippen LogP contribution in [-0.2, 0) is 6.42 Å². The van der Waals surface area contributed by atoms with Crippen LogP contribution in [0.2, 0.25) is 0 Å². The molecule has 2 rings (SSSR count). The second-order valence-corrected chi connectivity index (χ2v) is 4.15. The fraction of sp³-hybridized carbons (Fsp3) is 0.300. The molecule has 2 heterocycles. The maximum Gasteiger partial charge on any atom is 0.227 e. The van der Waals surface area contributed by atoms with Crippen molar-refractivity contribution in [3.8, 4) is 11.4 Å². The van der Waals surface area contributed by atoms with E-state index in [1.165, 1.54) is 0 Å². The van der Waals surface area contributed by atoms with Crippen molar-refractivity contribution in [3.63, 3.8) is 0 Å². The molecule has 0 aliphatic carbocycles. The van der Waals surface area contributed by atoms with Gasteiger partial charge in [0.05, 0.1) is 0 Å². The molecule has 0 aliphatic rings. The summed E-state index contributed by atoms with van der Waals surface area (Å²) in [6, 6.07) is 1.87. The predicted molar refractivity (Wildman–Crippen MR) is 60.6 cm³/mol. The maximum absolute atomic E-state index is 8.68. The van der Waals surface area contributed by atoms with E-state index in [2.05, 4.69) is 31.1 Å². The number of aromatic nitrogens is 3. The smallest absolute Gasteiger partial charge is 0.227 e. The largest absolute Gasteiger partial charge is 0.396 e. The van der Waals surface area contributed by atoms with Crippen LogP contribution in [0.4, 0.5) is 0 Å². The van der Waals surface area contributed by atoms with E-state index in [9.17, 15) is 0 Å². The van der Waals surface area contributed by atoms with Crippen LogP contribution in [-0.4, -0.2) is 26.8 Å². The Balaban J connectivity index is 2.18. The van der Waals surface area contributed by atoms with Gasteiger partial charge in [0.15, 0.2) is 0 Å². The van der Waals surface area contributed by atoms with Crippen molar-refractivity contribution in [1.29, 1.82) is 0 Å². The Morgan fingerprint density at radius 1 is 1.38 bits per heavy atom. The van der Waals surface area contributed by atoms with Gasteiger partial charge in [0.2, 0.25) is 11.7 Å². The molecule has 0 bridgehead atoms. The summed E-state index contributed by atoms with van der Waals surface area (Å²) in [5.41, 5.74) is 0.799. The summed E-state index contributed by atoms with van der Waals surface area (Å²) in [6.07, 6.45) is 4.57. The first-order chi connectivity index (χ1) is 7.79. The summed E-state index contributed by atoms with van der Waals surface area (Å²) >= 11 is 3.33. The highest BCUT2D eigenvalue weighted by molar-refractivity contribution is 9.10. The Kier molecular flexibility index (Phi) is 3.63. The highest BCUT2D eigenvalue weighted by atomic mass is 79.9. The Morgan fingerprint density at radius 2 is 2.25 bits per heavy atom. The number of aliphatic hydroxyl groups is 1. The van der Waals surface area contributed by atoms with E-state index in [4.69, 9.17) is 9.63 Å². The zero-order valence-corrected chi connectivity index (χ0v) is 10.0. The zero-order chi connectivity index (χ0) is 11.4. The Bertz CT molecular complexity index is 473. The molecule has 0 radical (unpaired) electrons.